The van der Waals surface area contributed by atoms with Gasteiger partial charge in [0.05, 0.1) is 0 Å². The number of likely N-dealkylation sites (tertiary alicyclic amines) is 1. The van der Waals surface area contributed by atoms with Gasteiger partial charge in [0.25, 0.3) is 5.91 Å². The summed E-state index contributed by atoms with van der Waals surface area (Å²) in [5.74, 6) is -0.378. The number of urea groups is 1. The molecule has 1 heterocycles. The third kappa shape index (κ3) is 5.59. The van der Waals surface area contributed by atoms with Crippen LogP contribution in [0.2, 0.25) is 0 Å². The maximum atomic E-state index is 12.1. The molecule has 1 aliphatic heterocycles. The van der Waals surface area contributed by atoms with Crippen LogP contribution in [0.3, 0.4) is 0 Å². The summed E-state index contributed by atoms with van der Waals surface area (Å²) in [6.45, 7) is 2.76. The lowest BCUT2D eigenvalue weighted by molar-refractivity contribution is 0.0961. The largest absolute Gasteiger partial charge is 0.335 e. The van der Waals surface area contributed by atoms with Crippen LogP contribution in [0.4, 0.5) is 4.79 Å². The van der Waals surface area contributed by atoms with E-state index in [1.54, 1.807) is 24.3 Å². The van der Waals surface area contributed by atoms with Gasteiger partial charge in [-0.05, 0) is 47.4 Å². The molecule has 3 aromatic rings. The zero-order chi connectivity index (χ0) is 20.1. The van der Waals surface area contributed by atoms with Gasteiger partial charge in [-0.2, -0.15) is 0 Å². The zero-order valence-electron chi connectivity index (χ0n) is 16.7. The van der Waals surface area contributed by atoms with Crippen molar-refractivity contribution < 1.29 is 9.59 Å². The number of hydrogen-bond donors (Lipinski definition) is 2. The Kier molecular flexibility index (Phi) is 7.44. The molecule has 5 nitrogen and oxygen atoms in total. The van der Waals surface area contributed by atoms with Gasteiger partial charge in [-0.15, -0.1) is 12.4 Å². The molecule has 0 aliphatic carbocycles. The summed E-state index contributed by atoms with van der Waals surface area (Å²) < 4.78 is 0. The maximum absolute atomic E-state index is 12.1. The van der Waals surface area contributed by atoms with E-state index in [-0.39, 0.29) is 24.4 Å². The number of carbonyl (C=O) groups is 2. The van der Waals surface area contributed by atoms with Gasteiger partial charge in [0.1, 0.15) is 0 Å². The standard InChI is InChI=1S/C24H25N3O2.ClH/c28-23(20-7-2-1-3-8-20)26-24(29)25-22-12-14-27(15-13-22)17-18-10-11-19-6-4-5-9-21(19)16-18;/h1-11,16,22H,12-15,17H2,(H2,25,26,28,29);1H. The van der Waals surface area contributed by atoms with Crippen LogP contribution in [0.15, 0.2) is 72.8 Å². The van der Waals surface area contributed by atoms with Crippen LogP contribution < -0.4 is 10.6 Å². The molecule has 4 rings (SSSR count). The quantitative estimate of drug-likeness (QED) is 0.655. The molecule has 3 amide bonds. The van der Waals surface area contributed by atoms with Crippen LogP contribution in [-0.4, -0.2) is 36.0 Å². The fourth-order valence-corrected chi connectivity index (χ4v) is 3.82. The van der Waals surface area contributed by atoms with Crippen molar-refractivity contribution in [2.24, 2.45) is 0 Å². The van der Waals surface area contributed by atoms with Crippen LogP contribution in [0, 0.1) is 0 Å². The lowest BCUT2D eigenvalue weighted by atomic mass is 10.0. The number of halogens is 1. The minimum absolute atomic E-state index is 0. The number of hydrogen-bond acceptors (Lipinski definition) is 3. The molecule has 0 saturated carbocycles. The van der Waals surface area contributed by atoms with Gasteiger partial charge in [-0.3, -0.25) is 15.0 Å². The van der Waals surface area contributed by atoms with Gasteiger partial charge in [0.15, 0.2) is 0 Å². The number of benzene rings is 3. The van der Waals surface area contributed by atoms with Crippen molar-refractivity contribution in [2.75, 3.05) is 13.1 Å². The number of carbonyl (C=O) groups excluding carboxylic acids is 2. The first-order valence-electron chi connectivity index (χ1n) is 10.0. The molecule has 1 aliphatic rings. The highest BCUT2D eigenvalue weighted by Crippen LogP contribution is 2.19. The molecule has 0 bridgehead atoms. The number of imide groups is 1. The summed E-state index contributed by atoms with van der Waals surface area (Å²) in [6.07, 6.45) is 1.75. The fourth-order valence-electron chi connectivity index (χ4n) is 3.82. The van der Waals surface area contributed by atoms with Crippen molar-refractivity contribution in [3.8, 4) is 0 Å². The average molecular weight is 424 g/mol. The molecule has 1 fully saturated rings. The highest BCUT2D eigenvalue weighted by Gasteiger charge is 2.21. The summed E-state index contributed by atoms with van der Waals surface area (Å²) in [7, 11) is 0. The van der Waals surface area contributed by atoms with Crippen molar-refractivity contribution in [3.05, 3.63) is 83.9 Å². The minimum atomic E-state index is -0.424. The Morgan fingerprint density at radius 3 is 2.27 bits per heavy atom. The van der Waals surface area contributed by atoms with E-state index in [1.165, 1.54) is 16.3 Å². The van der Waals surface area contributed by atoms with Crippen molar-refractivity contribution in [3.63, 3.8) is 0 Å². The molecule has 0 unspecified atom stereocenters. The molecule has 1 saturated heterocycles. The maximum Gasteiger partial charge on any atom is 0.321 e. The van der Waals surface area contributed by atoms with E-state index in [2.05, 4.69) is 58.0 Å². The zero-order valence-corrected chi connectivity index (χ0v) is 17.5. The third-order valence-electron chi connectivity index (χ3n) is 5.41. The van der Waals surface area contributed by atoms with E-state index in [9.17, 15) is 9.59 Å². The Bertz CT molecular complexity index is 1000. The Labute approximate surface area is 182 Å². The molecule has 0 spiro atoms. The van der Waals surface area contributed by atoms with Gasteiger partial charge >= 0.3 is 6.03 Å². The van der Waals surface area contributed by atoms with Gasteiger partial charge in [0, 0.05) is 31.2 Å². The minimum Gasteiger partial charge on any atom is -0.335 e. The Morgan fingerprint density at radius 1 is 0.867 bits per heavy atom. The predicted octanol–water partition coefficient (Wildman–Crippen LogP) is 4.37. The lowest BCUT2D eigenvalue weighted by Gasteiger charge is -2.32. The first-order valence-corrected chi connectivity index (χ1v) is 10.0. The van der Waals surface area contributed by atoms with Crippen LogP contribution in [0.5, 0.6) is 0 Å². The molecule has 156 valence electrons. The molecular weight excluding hydrogens is 398 g/mol. The van der Waals surface area contributed by atoms with Gasteiger partial charge < -0.3 is 5.32 Å². The summed E-state index contributed by atoms with van der Waals surface area (Å²) >= 11 is 0. The molecular formula is C24H26ClN3O2. The van der Waals surface area contributed by atoms with Crippen molar-refractivity contribution in [1.82, 2.24) is 15.5 Å². The van der Waals surface area contributed by atoms with E-state index < -0.39 is 6.03 Å². The molecule has 6 heteroatoms. The number of fused-ring (bicyclic) bond motifs is 1. The van der Waals surface area contributed by atoms with Crippen molar-refractivity contribution in [2.45, 2.75) is 25.4 Å². The number of nitrogens with zero attached hydrogens (tertiary/aromatic N) is 1. The first-order chi connectivity index (χ1) is 14.2. The van der Waals surface area contributed by atoms with Crippen LogP contribution in [0.1, 0.15) is 28.8 Å². The van der Waals surface area contributed by atoms with Gasteiger partial charge in [0.2, 0.25) is 0 Å². The third-order valence-corrected chi connectivity index (χ3v) is 5.41. The first kappa shape index (κ1) is 21.8. The summed E-state index contributed by atoms with van der Waals surface area (Å²) in [4.78, 5) is 26.6. The summed E-state index contributed by atoms with van der Waals surface area (Å²) in [5.41, 5.74) is 1.79. The lowest BCUT2D eigenvalue weighted by Crippen LogP contribution is -2.49. The van der Waals surface area contributed by atoms with E-state index in [4.69, 9.17) is 0 Å². The van der Waals surface area contributed by atoms with E-state index in [0.717, 1.165) is 32.5 Å². The molecule has 2 N–H and O–H groups in total. The van der Waals surface area contributed by atoms with Crippen LogP contribution in [-0.2, 0) is 6.54 Å². The van der Waals surface area contributed by atoms with E-state index in [1.807, 2.05) is 6.07 Å². The number of nitrogens with one attached hydrogen (secondary N) is 2. The fraction of sp³-hybridized carbons (Fsp3) is 0.250. The Hall–Kier alpha value is -2.89. The Balaban J connectivity index is 0.00000256. The number of rotatable bonds is 4. The Morgan fingerprint density at radius 2 is 1.53 bits per heavy atom. The van der Waals surface area contributed by atoms with Crippen molar-refractivity contribution in [1.29, 1.82) is 0 Å². The highest BCUT2D eigenvalue weighted by atomic mass is 35.5. The monoisotopic (exact) mass is 423 g/mol. The number of amides is 3. The summed E-state index contributed by atoms with van der Waals surface area (Å²) in [5, 5.41) is 7.86. The SMILES string of the molecule is Cl.O=C(NC(=O)c1ccccc1)NC1CCN(Cc2ccc3ccccc3c2)CC1. The normalized spacial score (nSPS) is 14.7. The molecule has 0 atom stereocenters. The van der Waals surface area contributed by atoms with E-state index in [0.29, 0.717) is 5.56 Å². The number of piperidine rings is 1. The molecule has 0 radical (unpaired) electrons. The summed E-state index contributed by atoms with van der Waals surface area (Å²) in [6, 6.07) is 23.4. The highest BCUT2D eigenvalue weighted by molar-refractivity contribution is 6.04. The second-order valence-electron chi connectivity index (χ2n) is 7.53. The molecule has 30 heavy (non-hydrogen) atoms. The molecule has 3 aromatic carbocycles. The topological polar surface area (TPSA) is 61.4 Å². The van der Waals surface area contributed by atoms with Crippen LogP contribution in [0.25, 0.3) is 10.8 Å². The average Bonchev–Trinajstić information content (AvgIpc) is 2.75. The smallest absolute Gasteiger partial charge is 0.321 e. The second-order valence-corrected chi connectivity index (χ2v) is 7.53. The molecule has 0 aromatic heterocycles. The second kappa shape index (κ2) is 10.2. The van der Waals surface area contributed by atoms with Crippen molar-refractivity contribution >= 4 is 35.1 Å². The van der Waals surface area contributed by atoms with Gasteiger partial charge in [-0.25, -0.2) is 4.79 Å². The van der Waals surface area contributed by atoms with Crippen LogP contribution >= 0.6 is 12.4 Å². The predicted molar refractivity (Wildman–Crippen MR) is 122 cm³/mol. The van der Waals surface area contributed by atoms with E-state index >= 15 is 0 Å². The van der Waals surface area contributed by atoms with Gasteiger partial charge in [-0.1, -0.05) is 54.6 Å².